The predicted molar refractivity (Wildman–Crippen MR) is 99.5 cm³/mol. The van der Waals surface area contributed by atoms with Crippen molar-refractivity contribution < 1.29 is 13.2 Å². The third kappa shape index (κ3) is 4.43. The summed E-state index contributed by atoms with van der Waals surface area (Å²) in [4.78, 5) is 12.0. The van der Waals surface area contributed by atoms with Crippen LogP contribution in [0.4, 0.5) is 16.2 Å². The molecule has 1 heterocycles. The van der Waals surface area contributed by atoms with E-state index in [1.165, 1.54) is 4.31 Å². The van der Waals surface area contributed by atoms with Gasteiger partial charge in [0.05, 0.1) is 11.4 Å². The lowest BCUT2D eigenvalue weighted by Crippen LogP contribution is -2.28. The second-order valence-electron chi connectivity index (χ2n) is 5.73. The second kappa shape index (κ2) is 7.33. The van der Waals surface area contributed by atoms with E-state index in [1.54, 1.807) is 36.4 Å². The molecule has 1 aliphatic rings. The number of hydrogen-bond donors (Lipinski definition) is 2. The van der Waals surface area contributed by atoms with Crippen molar-refractivity contribution in [2.24, 2.45) is 0 Å². The van der Waals surface area contributed by atoms with Gasteiger partial charge in [-0.3, -0.25) is 4.31 Å². The zero-order valence-electron chi connectivity index (χ0n) is 13.4. The van der Waals surface area contributed by atoms with Gasteiger partial charge in [-0.05, 0) is 48.4 Å². The average Bonchev–Trinajstić information content (AvgIpc) is 2.93. The largest absolute Gasteiger partial charge is 0.334 e. The lowest BCUT2D eigenvalue weighted by molar-refractivity contribution is 0.251. The molecule has 2 N–H and O–H groups in total. The summed E-state index contributed by atoms with van der Waals surface area (Å²) in [5, 5.41) is 6.07. The first-order valence-electron chi connectivity index (χ1n) is 7.84. The number of carbonyl (C=O) groups excluding carboxylic acids is 1. The monoisotopic (exact) mass is 379 g/mol. The summed E-state index contributed by atoms with van der Waals surface area (Å²) >= 11 is 5.90. The van der Waals surface area contributed by atoms with E-state index in [9.17, 15) is 13.2 Å². The average molecular weight is 380 g/mol. The van der Waals surface area contributed by atoms with Crippen LogP contribution in [0, 0.1) is 0 Å². The van der Waals surface area contributed by atoms with Gasteiger partial charge in [0.2, 0.25) is 10.0 Å². The highest BCUT2D eigenvalue weighted by molar-refractivity contribution is 7.93. The Balaban J connectivity index is 1.57. The van der Waals surface area contributed by atoms with Gasteiger partial charge in [0.25, 0.3) is 0 Å². The Hall–Kier alpha value is -2.25. The Morgan fingerprint density at radius 1 is 1.16 bits per heavy atom. The number of sulfonamides is 1. The van der Waals surface area contributed by atoms with Gasteiger partial charge in [0.1, 0.15) is 0 Å². The van der Waals surface area contributed by atoms with E-state index < -0.39 is 10.0 Å². The Labute approximate surface area is 151 Å². The van der Waals surface area contributed by atoms with Crippen molar-refractivity contribution in [1.29, 1.82) is 0 Å². The fourth-order valence-electron chi connectivity index (χ4n) is 2.65. The molecule has 0 bridgehead atoms. The number of anilines is 2. The fourth-order valence-corrected chi connectivity index (χ4v) is 4.42. The van der Waals surface area contributed by atoms with Crippen molar-refractivity contribution in [3.05, 3.63) is 59.1 Å². The SMILES string of the molecule is O=C(NCc1cccc(Cl)c1)Nc1ccc(N2CCCS2(=O)=O)cc1. The topological polar surface area (TPSA) is 78.5 Å². The third-order valence-corrected chi connectivity index (χ3v) is 5.96. The van der Waals surface area contributed by atoms with Gasteiger partial charge in [-0.25, -0.2) is 13.2 Å². The minimum absolute atomic E-state index is 0.179. The molecule has 1 saturated heterocycles. The molecule has 0 radical (unpaired) electrons. The number of rotatable bonds is 4. The van der Waals surface area contributed by atoms with E-state index in [1.807, 2.05) is 12.1 Å². The molecule has 2 aromatic rings. The minimum atomic E-state index is -3.20. The Morgan fingerprint density at radius 2 is 1.92 bits per heavy atom. The first kappa shape index (κ1) is 17.6. The molecular weight excluding hydrogens is 362 g/mol. The van der Waals surface area contributed by atoms with Crippen molar-refractivity contribution in [1.82, 2.24) is 5.32 Å². The van der Waals surface area contributed by atoms with Crippen molar-refractivity contribution in [2.45, 2.75) is 13.0 Å². The van der Waals surface area contributed by atoms with Crippen molar-refractivity contribution in [3.63, 3.8) is 0 Å². The standard InChI is InChI=1S/C17H18ClN3O3S/c18-14-4-1-3-13(11-14)12-19-17(22)20-15-5-7-16(8-6-15)21-9-2-10-25(21,23)24/h1,3-8,11H,2,9-10,12H2,(H2,19,20,22). The minimum Gasteiger partial charge on any atom is -0.334 e. The van der Waals surface area contributed by atoms with Gasteiger partial charge in [-0.15, -0.1) is 0 Å². The van der Waals surface area contributed by atoms with Crippen LogP contribution in [0.3, 0.4) is 0 Å². The van der Waals surface area contributed by atoms with Crippen molar-refractivity contribution in [2.75, 3.05) is 21.9 Å². The molecule has 1 aliphatic heterocycles. The number of urea groups is 1. The van der Waals surface area contributed by atoms with Crippen LogP contribution in [-0.4, -0.2) is 26.7 Å². The Morgan fingerprint density at radius 3 is 2.56 bits per heavy atom. The zero-order chi connectivity index (χ0) is 17.9. The van der Waals surface area contributed by atoms with Crippen molar-refractivity contribution >= 4 is 39.0 Å². The van der Waals surface area contributed by atoms with Crippen LogP contribution < -0.4 is 14.9 Å². The van der Waals surface area contributed by atoms with Gasteiger partial charge in [-0.1, -0.05) is 23.7 Å². The quantitative estimate of drug-likeness (QED) is 0.856. The molecule has 0 aliphatic carbocycles. The van der Waals surface area contributed by atoms with Crippen LogP contribution in [0.25, 0.3) is 0 Å². The maximum atomic E-state index is 12.0. The normalized spacial score (nSPS) is 15.8. The summed E-state index contributed by atoms with van der Waals surface area (Å²) < 4.78 is 25.2. The van der Waals surface area contributed by atoms with E-state index >= 15 is 0 Å². The predicted octanol–water partition coefficient (Wildman–Crippen LogP) is 3.20. The fraction of sp³-hybridized carbons (Fsp3) is 0.235. The number of benzene rings is 2. The molecule has 6 nitrogen and oxygen atoms in total. The molecule has 0 aromatic heterocycles. The molecule has 132 valence electrons. The van der Waals surface area contributed by atoms with E-state index in [2.05, 4.69) is 10.6 Å². The summed E-state index contributed by atoms with van der Waals surface area (Å²) in [5.74, 6) is 0.179. The van der Waals surface area contributed by atoms with Gasteiger partial charge in [0, 0.05) is 23.8 Å². The number of halogens is 1. The molecule has 2 amide bonds. The second-order valence-corrected chi connectivity index (χ2v) is 8.18. The van der Waals surface area contributed by atoms with E-state index in [4.69, 9.17) is 11.6 Å². The summed E-state index contributed by atoms with van der Waals surface area (Å²) in [7, 11) is -3.20. The Kier molecular flexibility index (Phi) is 5.15. The van der Waals surface area contributed by atoms with E-state index in [0.29, 0.717) is 35.9 Å². The molecule has 0 spiro atoms. The van der Waals surface area contributed by atoms with Gasteiger partial charge in [-0.2, -0.15) is 0 Å². The summed E-state index contributed by atoms with van der Waals surface area (Å²) in [6.45, 7) is 0.853. The van der Waals surface area contributed by atoms with Crippen LogP contribution in [-0.2, 0) is 16.6 Å². The highest BCUT2D eigenvalue weighted by Crippen LogP contribution is 2.25. The number of carbonyl (C=O) groups is 1. The molecule has 8 heteroatoms. The zero-order valence-corrected chi connectivity index (χ0v) is 15.0. The summed E-state index contributed by atoms with van der Waals surface area (Å²) in [6.07, 6.45) is 0.633. The number of nitrogens with one attached hydrogen (secondary N) is 2. The summed E-state index contributed by atoms with van der Waals surface area (Å²) in [6, 6.07) is 13.6. The first-order chi connectivity index (χ1) is 11.9. The van der Waals surface area contributed by atoms with E-state index in [0.717, 1.165) is 5.56 Å². The molecule has 0 saturated carbocycles. The van der Waals surface area contributed by atoms with Crippen LogP contribution >= 0.6 is 11.6 Å². The third-order valence-electron chi connectivity index (χ3n) is 3.85. The maximum Gasteiger partial charge on any atom is 0.319 e. The molecule has 2 aromatic carbocycles. The molecule has 25 heavy (non-hydrogen) atoms. The number of nitrogens with zero attached hydrogens (tertiary/aromatic N) is 1. The van der Waals surface area contributed by atoms with Gasteiger partial charge < -0.3 is 10.6 Å². The highest BCUT2D eigenvalue weighted by Gasteiger charge is 2.28. The molecule has 0 unspecified atom stereocenters. The van der Waals surface area contributed by atoms with Gasteiger partial charge >= 0.3 is 6.03 Å². The van der Waals surface area contributed by atoms with Crippen LogP contribution in [0.5, 0.6) is 0 Å². The summed E-state index contributed by atoms with van der Waals surface area (Å²) in [5.41, 5.74) is 2.10. The van der Waals surface area contributed by atoms with Crippen LogP contribution in [0.15, 0.2) is 48.5 Å². The van der Waals surface area contributed by atoms with Crippen molar-refractivity contribution in [3.8, 4) is 0 Å². The maximum absolute atomic E-state index is 12.0. The lowest BCUT2D eigenvalue weighted by Gasteiger charge is -2.17. The van der Waals surface area contributed by atoms with Crippen LogP contribution in [0.2, 0.25) is 5.02 Å². The molecule has 0 atom stereocenters. The first-order valence-corrected chi connectivity index (χ1v) is 9.82. The lowest BCUT2D eigenvalue weighted by atomic mass is 10.2. The number of hydrogen-bond acceptors (Lipinski definition) is 3. The smallest absolute Gasteiger partial charge is 0.319 e. The number of amides is 2. The van der Waals surface area contributed by atoms with Gasteiger partial charge in [0.15, 0.2) is 0 Å². The highest BCUT2D eigenvalue weighted by atomic mass is 35.5. The Bertz CT molecular complexity index is 869. The molecular formula is C17H18ClN3O3S. The van der Waals surface area contributed by atoms with Crippen LogP contribution in [0.1, 0.15) is 12.0 Å². The van der Waals surface area contributed by atoms with E-state index in [-0.39, 0.29) is 11.8 Å². The molecule has 3 rings (SSSR count). The molecule has 1 fully saturated rings.